The summed E-state index contributed by atoms with van der Waals surface area (Å²) in [5.74, 6) is 0.492. The van der Waals surface area contributed by atoms with Gasteiger partial charge in [0.05, 0.1) is 0 Å². The van der Waals surface area contributed by atoms with Gasteiger partial charge in [0.15, 0.2) is 4.34 Å². The third-order valence-electron chi connectivity index (χ3n) is 4.44. The summed E-state index contributed by atoms with van der Waals surface area (Å²) in [6.07, 6.45) is 5.98. The van der Waals surface area contributed by atoms with Crippen molar-refractivity contribution >= 4 is 29.1 Å². The zero-order valence-electron chi connectivity index (χ0n) is 12.2. The molecule has 21 heavy (non-hydrogen) atoms. The van der Waals surface area contributed by atoms with E-state index in [2.05, 4.69) is 15.5 Å². The third kappa shape index (κ3) is 3.40. The van der Waals surface area contributed by atoms with Crippen molar-refractivity contribution in [2.75, 3.05) is 5.75 Å². The van der Waals surface area contributed by atoms with E-state index in [-0.39, 0.29) is 5.92 Å². The normalized spacial score (nSPS) is 28.9. The van der Waals surface area contributed by atoms with Crippen LogP contribution in [0, 0.1) is 12.8 Å². The maximum atomic E-state index is 11.8. The topological polar surface area (TPSA) is 75.1 Å². The van der Waals surface area contributed by atoms with Crippen molar-refractivity contribution in [3.63, 3.8) is 0 Å². The highest BCUT2D eigenvalue weighted by atomic mass is 32.2. The first-order chi connectivity index (χ1) is 10.1. The van der Waals surface area contributed by atoms with Crippen molar-refractivity contribution in [2.24, 2.45) is 5.92 Å². The summed E-state index contributed by atoms with van der Waals surface area (Å²) in [5.41, 5.74) is -0.682. The monoisotopic (exact) mass is 327 g/mol. The van der Waals surface area contributed by atoms with Gasteiger partial charge in [0.25, 0.3) is 0 Å². The van der Waals surface area contributed by atoms with E-state index in [4.69, 9.17) is 0 Å². The second kappa shape index (κ2) is 6.22. The first kappa shape index (κ1) is 15.2. The minimum absolute atomic E-state index is 0.233. The lowest BCUT2D eigenvalue weighted by atomic mass is 9.85. The molecule has 0 bridgehead atoms. The molecule has 1 heterocycles. The summed E-state index contributed by atoms with van der Waals surface area (Å²) in [4.78, 5) is 11.8. The molecule has 7 heteroatoms. The number of aliphatic carboxylic acids is 1. The van der Waals surface area contributed by atoms with Gasteiger partial charge >= 0.3 is 5.97 Å². The Bertz CT molecular complexity index is 518. The standard InChI is InChI=1S/C14H21N3O2S2/c1-9-16-17-13(21-9)20-8-6-10-3-2-7-14(10,12(18)19)15-11-4-5-11/h10-11,15H,2-8H2,1H3,(H,18,19). The van der Waals surface area contributed by atoms with Crippen LogP contribution in [0.15, 0.2) is 4.34 Å². The fourth-order valence-corrected chi connectivity index (χ4v) is 5.16. The van der Waals surface area contributed by atoms with Crippen molar-refractivity contribution in [1.29, 1.82) is 0 Å². The average molecular weight is 327 g/mol. The largest absolute Gasteiger partial charge is 0.480 e. The third-order valence-corrected chi connectivity index (χ3v) is 6.45. The number of rotatable bonds is 7. The molecule has 0 amide bonds. The molecule has 116 valence electrons. The molecule has 2 aliphatic carbocycles. The Morgan fingerprint density at radius 2 is 2.29 bits per heavy atom. The average Bonchev–Trinajstić information content (AvgIpc) is 3.00. The Balaban J connectivity index is 1.58. The molecule has 0 aliphatic heterocycles. The predicted molar refractivity (Wildman–Crippen MR) is 83.9 cm³/mol. The van der Waals surface area contributed by atoms with Crippen LogP contribution >= 0.6 is 23.1 Å². The Labute approximate surface area is 132 Å². The number of nitrogens with zero attached hydrogens (tertiary/aromatic N) is 2. The smallest absolute Gasteiger partial charge is 0.324 e. The van der Waals surface area contributed by atoms with E-state index in [9.17, 15) is 9.90 Å². The number of hydrogen-bond donors (Lipinski definition) is 2. The Kier molecular flexibility index (Phi) is 4.51. The minimum Gasteiger partial charge on any atom is -0.480 e. The molecule has 2 saturated carbocycles. The molecule has 0 aromatic carbocycles. The van der Waals surface area contributed by atoms with Crippen LogP contribution in [0.25, 0.3) is 0 Å². The summed E-state index contributed by atoms with van der Waals surface area (Å²) in [5, 5.41) is 22.3. The summed E-state index contributed by atoms with van der Waals surface area (Å²) in [7, 11) is 0. The number of carboxylic acid groups (broad SMARTS) is 1. The van der Waals surface area contributed by atoms with Crippen molar-refractivity contribution in [2.45, 2.75) is 61.4 Å². The zero-order chi connectivity index (χ0) is 14.9. The van der Waals surface area contributed by atoms with Crippen LogP contribution in [0.3, 0.4) is 0 Å². The van der Waals surface area contributed by atoms with Crippen LogP contribution in [-0.4, -0.2) is 38.6 Å². The molecule has 5 nitrogen and oxygen atoms in total. The molecule has 2 unspecified atom stereocenters. The van der Waals surface area contributed by atoms with E-state index in [1.54, 1.807) is 23.1 Å². The number of hydrogen-bond acceptors (Lipinski definition) is 6. The van der Waals surface area contributed by atoms with Gasteiger partial charge < -0.3 is 5.11 Å². The van der Waals surface area contributed by atoms with Crippen molar-refractivity contribution in [3.05, 3.63) is 5.01 Å². The summed E-state index contributed by atoms with van der Waals surface area (Å²) in [6.45, 7) is 1.95. The lowest BCUT2D eigenvalue weighted by molar-refractivity contribution is -0.146. The van der Waals surface area contributed by atoms with Crippen LogP contribution in [0.2, 0.25) is 0 Å². The fraction of sp³-hybridized carbons (Fsp3) is 0.786. The quantitative estimate of drug-likeness (QED) is 0.750. The molecule has 0 spiro atoms. The second-order valence-electron chi connectivity index (χ2n) is 6.01. The maximum absolute atomic E-state index is 11.8. The lowest BCUT2D eigenvalue weighted by Gasteiger charge is -2.32. The van der Waals surface area contributed by atoms with Gasteiger partial charge in [-0.1, -0.05) is 29.5 Å². The van der Waals surface area contributed by atoms with Gasteiger partial charge in [-0.25, -0.2) is 0 Å². The Hall–Kier alpha value is -0.660. The number of carboxylic acids is 1. The van der Waals surface area contributed by atoms with Gasteiger partial charge in [0.2, 0.25) is 0 Å². The molecule has 3 rings (SSSR count). The lowest BCUT2D eigenvalue weighted by Crippen LogP contribution is -2.55. The highest BCUT2D eigenvalue weighted by molar-refractivity contribution is 8.01. The van der Waals surface area contributed by atoms with Gasteiger partial charge in [-0.2, -0.15) is 0 Å². The van der Waals surface area contributed by atoms with Crippen LogP contribution in [0.1, 0.15) is 43.5 Å². The Morgan fingerprint density at radius 1 is 1.48 bits per heavy atom. The maximum Gasteiger partial charge on any atom is 0.324 e. The zero-order valence-corrected chi connectivity index (χ0v) is 13.8. The van der Waals surface area contributed by atoms with Crippen molar-refractivity contribution in [3.8, 4) is 0 Å². The van der Waals surface area contributed by atoms with E-state index in [0.29, 0.717) is 6.04 Å². The molecular weight excluding hydrogens is 306 g/mol. The van der Waals surface area contributed by atoms with E-state index in [1.165, 1.54) is 0 Å². The molecule has 1 aromatic rings. The molecular formula is C14H21N3O2S2. The van der Waals surface area contributed by atoms with Gasteiger partial charge in [-0.3, -0.25) is 10.1 Å². The molecule has 2 fully saturated rings. The first-order valence-corrected chi connectivity index (χ1v) is 9.34. The number of nitrogens with one attached hydrogen (secondary N) is 1. The van der Waals surface area contributed by atoms with Gasteiger partial charge in [0, 0.05) is 11.8 Å². The van der Waals surface area contributed by atoms with Gasteiger partial charge in [-0.15, -0.1) is 10.2 Å². The number of thioether (sulfide) groups is 1. The summed E-state index contributed by atoms with van der Waals surface area (Å²) >= 11 is 3.31. The molecule has 0 radical (unpaired) electrons. The SMILES string of the molecule is Cc1nnc(SCCC2CCCC2(NC2CC2)C(=O)O)s1. The van der Waals surface area contributed by atoms with Crippen LogP contribution in [0.5, 0.6) is 0 Å². The highest BCUT2D eigenvalue weighted by Crippen LogP contribution is 2.41. The van der Waals surface area contributed by atoms with E-state index >= 15 is 0 Å². The summed E-state index contributed by atoms with van der Waals surface area (Å²) in [6, 6.07) is 0.431. The van der Waals surface area contributed by atoms with E-state index in [0.717, 1.165) is 53.6 Å². The minimum atomic E-state index is -0.682. The van der Waals surface area contributed by atoms with Crippen LogP contribution in [-0.2, 0) is 4.79 Å². The second-order valence-corrected chi connectivity index (χ2v) is 8.53. The molecule has 2 N–H and O–H groups in total. The van der Waals surface area contributed by atoms with E-state index < -0.39 is 11.5 Å². The molecule has 2 aliphatic rings. The molecule has 1 aromatic heterocycles. The fourth-order valence-electron chi connectivity index (χ4n) is 3.22. The van der Waals surface area contributed by atoms with Crippen LogP contribution in [0.4, 0.5) is 0 Å². The number of aryl methyl sites for hydroxylation is 1. The molecule has 0 saturated heterocycles. The van der Waals surface area contributed by atoms with E-state index in [1.807, 2.05) is 6.92 Å². The first-order valence-electron chi connectivity index (χ1n) is 7.54. The van der Waals surface area contributed by atoms with Crippen LogP contribution < -0.4 is 5.32 Å². The number of aromatic nitrogens is 2. The predicted octanol–water partition coefficient (Wildman–Crippen LogP) is 2.70. The highest BCUT2D eigenvalue weighted by Gasteiger charge is 2.50. The summed E-state index contributed by atoms with van der Waals surface area (Å²) < 4.78 is 0.988. The van der Waals surface area contributed by atoms with Gasteiger partial charge in [-0.05, 0) is 44.9 Å². The van der Waals surface area contributed by atoms with Crippen molar-refractivity contribution in [1.82, 2.24) is 15.5 Å². The van der Waals surface area contributed by atoms with Gasteiger partial charge in [0.1, 0.15) is 10.5 Å². The number of carbonyl (C=O) groups is 1. The molecule has 2 atom stereocenters. The van der Waals surface area contributed by atoms with Crippen molar-refractivity contribution < 1.29 is 9.90 Å². The Morgan fingerprint density at radius 3 is 2.90 bits per heavy atom.